The van der Waals surface area contributed by atoms with Crippen molar-refractivity contribution in [2.45, 2.75) is 19.3 Å². The quantitative estimate of drug-likeness (QED) is 0.572. The Kier molecular flexibility index (Phi) is 5.21. The molecular formula is C6H13NO2. The Bertz CT molecular complexity index is 78.4. The second kappa shape index (κ2) is 5.56. The van der Waals surface area contributed by atoms with Gasteiger partial charge in [0.2, 0.25) is 0 Å². The van der Waals surface area contributed by atoms with Crippen LogP contribution in [0.4, 0.5) is 0 Å². The van der Waals surface area contributed by atoms with E-state index >= 15 is 0 Å². The Labute approximate surface area is 55.1 Å². The van der Waals surface area contributed by atoms with Crippen LogP contribution in [-0.4, -0.2) is 24.7 Å². The largest absolute Gasteiger partial charge is 0.480 e. The molecule has 1 saturated carbocycles. The zero-order valence-corrected chi connectivity index (χ0v) is 5.68. The standard InChI is InChI=1S/C3H7NO2.C3H6/c1-4-2-3(5)6;1-2-3-1/h4H,2H2,1H3,(H,5,6);1-3H2. The van der Waals surface area contributed by atoms with E-state index < -0.39 is 5.97 Å². The number of hydrogen-bond acceptors (Lipinski definition) is 2. The van der Waals surface area contributed by atoms with Crippen molar-refractivity contribution in [2.75, 3.05) is 13.6 Å². The molecule has 0 radical (unpaired) electrons. The molecule has 0 amide bonds. The first-order valence-electron chi connectivity index (χ1n) is 3.13. The van der Waals surface area contributed by atoms with Gasteiger partial charge in [0.1, 0.15) is 0 Å². The molecule has 3 heteroatoms. The van der Waals surface area contributed by atoms with Crippen LogP contribution in [0.1, 0.15) is 19.3 Å². The molecule has 0 aliphatic heterocycles. The molecule has 3 nitrogen and oxygen atoms in total. The second-order valence-corrected chi connectivity index (χ2v) is 1.98. The molecule has 2 N–H and O–H groups in total. The molecule has 0 aromatic carbocycles. The van der Waals surface area contributed by atoms with Crippen molar-refractivity contribution >= 4 is 5.97 Å². The van der Waals surface area contributed by atoms with Gasteiger partial charge in [-0.25, -0.2) is 0 Å². The van der Waals surface area contributed by atoms with Crippen LogP contribution < -0.4 is 5.32 Å². The summed E-state index contributed by atoms with van der Waals surface area (Å²) in [5, 5.41) is 10.3. The number of carboxylic acids is 1. The van der Waals surface area contributed by atoms with Gasteiger partial charge in [0, 0.05) is 0 Å². The number of nitrogens with one attached hydrogen (secondary N) is 1. The van der Waals surface area contributed by atoms with Gasteiger partial charge in [0.05, 0.1) is 6.54 Å². The van der Waals surface area contributed by atoms with Gasteiger partial charge in [0.25, 0.3) is 0 Å². The molecular weight excluding hydrogens is 118 g/mol. The topological polar surface area (TPSA) is 49.3 Å². The first-order valence-corrected chi connectivity index (χ1v) is 3.13. The van der Waals surface area contributed by atoms with Crippen molar-refractivity contribution in [3.8, 4) is 0 Å². The minimum absolute atomic E-state index is 0.0417. The Morgan fingerprint density at radius 2 is 2.00 bits per heavy atom. The maximum atomic E-state index is 9.54. The highest BCUT2D eigenvalue weighted by Gasteiger charge is 1.95. The van der Waals surface area contributed by atoms with Crippen LogP contribution in [-0.2, 0) is 4.79 Å². The molecule has 1 fully saturated rings. The first-order chi connectivity index (χ1) is 4.27. The zero-order valence-electron chi connectivity index (χ0n) is 5.68. The first kappa shape index (κ1) is 8.43. The summed E-state index contributed by atoms with van der Waals surface area (Å²) < 4.78 is 0. The van der Waals surface area contributed by atoms with Gasteiger partial charge in [-0.2, -0.15) is 0 Å². The smallest absolute Gasteiger partial charge is 0.317 e. The molecule has 0 atom stereocenters. The summed E-state index contributed by atoms with van der Waals surface area (Å²) in [5.41, 5.74) is 0. The van der Waals surface area contributed by atoms with Crippen molar-refractivity contribution in [3.63, 3.8) is 0 Å². The SMILES string of the molecule is C1CC1.CNCC(=O)O. The third-order valence-electron chi connectivity index (χ3n) is 0.682. The van der Waals surface area contributed by atoms with E-state index in [4.69, 9.17) is 5.11 Å². The molecule has 0 heterocycles. The summed E-state index contributed by atoms with van der Waals surface area (Å²) in [4.78, 5) is 9.54. The van der Waals surface area contributed by atoms with Crippen molar-refractivity contribution in [1.29, 1.82) is 0 Å². The fourth-order valence-corrected chi connectivity index (χ4v) is 0.151. The fourth-order valence-electron chi connectivity index (χ4n) is 0.151. The average molecular weight is 131 g/mol. The molecule has 0 aromatic rings. The van der Waals surface area contributed by atoms with Gasteiger partial charge in [-0.1, -0.05) is 19.3 Å². The molecule has 0 aromatic heterocycles. The van der Waals surface area contributed by atoms with E-state index in [-0.39, 0.29) is 6.54 Å². The molecule has 1 aliphatic rings. The van der Waals surface area contributed by atoms with Crippen LogP contribution in [0.15, 0.2) is 0 Å². The predicted octanol–water partition coefficient (Wildman–Crippen LogP) is 0.461. The third kappa shape index (κ3) is 18.6. The zero-order chi connectivity index (χ0) is 7.11. The maximum absolute atomic E-state index is 9.54. The van der Waals surface area contributed by atoms with Crippen molar-refractivity contribution in [3.05, 3.63) is 0 Å². The van der Waals surface area contributed by atoms with Gasteiger partial charge in [-0.3, -0.25) is 4.79 Å². The Balaban J connectivity index is 0.000000173. The summed E-state index contributed by atoms with van der Waals surface area (Å²) in [7, 11) is 1.59. The lowest BCUT2D eigenvalue weighted by atomic mass is 10.7. The highest BCUT2D eigenvalue weighted by molar-refractivity contribution is 5.68. The molecule has 54 valence electrons. The van der Waals surface area contributed by atoms with Crippen LogP contribution in [0.3, 0.4) is 0 Å². The van der Waals surface area contributed by atoms with E-state index in [2.05, 4.69) is 5.32 Å². The van der Waals surface area contributed by atoms with Gasteiger partial charge in [-0.05, 0) is 7.05 Å². The van der Waals surface area contributed by atoms with Crippen molar-refractivity contribution in [1.82, 2.24) is 5.32 Å². The number of rotatable bonds is 2. The number of aliphatic carboxylic acids is 1. The third-order valence-corrected chi connectivity index (χ3v) is 0.682. The van der Waals surface area contributed by atoms with E-state index in [1.807, 2.05) is 0 Å². The summed E-state index contributed by atoms with van der Waals surface area (Å²) in [5.74, 6) is -0.822. The van der Waals surface area contributed by atoms with E-state index in [1.54, 1.807) is 7.05 Å². The van der Waals surface area contributed by atoms with Crippen LogP contribution >= 0.6 is 0 Å². The van der Waals surface area contributed by atoms with Crippen LogP contribution in [0.25, 0.3) is 0 Å². The molecule has 0 spiro atoms. The normalized spacial score (nSPS) is 13.4. The lowest BCUT2D eigenvalue weighted by Gasteiger charge is -1.84. The van der Waals surface area contributed by atoms with Gasteiger partial charge in [0.15, 0.2) is 0 Å². The second-order valence-electron chi connectivity index (χ2n) is 1.98. The highest BCUT2D eigenvalue weighted by atomic mass is 16.4. The lowest BCUT2D eigenvalue weighted by Crippen LogP contribution is -2.16. The predicted molar refractivity (Wildman–Crippen MR) is 35.4 cm³/mol. The Morgan fingerprint density at radius 1 is 1.56 bits per heavy atom. The van der Waals surface area contributed by atoms with Crippen molar-refractivity contribution < 1.29 is 9.90 Å². The van der Waals surface area contributed by atoms with Crippen LogP contribution in [0.5, 0.6) is 0 Å². The van der Waals surface area contributed by atoms with Crippen molar-refractivity contribution in [2.24, 2.45) is 0 Å². The van der Waals surface area contributed by atoms with E-state index in [0.29, 0.717) is 0 Å². The minimum atomic E-state index is -0.822. The van der Waals surface area contributed by atoms with Crippen LogP contribution in [0.2, 0.25) is 0 Å². The molecule has 0 bridgehead atoms. The Morgan fingerprint density at radius 3 is 2.00 bits per heavy atom. The minimum Gasteiger partial charge on any atom is -0.480 e. The monoisotopic (exact) mass is 131 g/mol. The highest BCUT2D eigenvalue weighted by Crippen LogP contribution is 2.14. The molecule has 0 unspecified atom stereocenters. The number of likely N-dealkylation sites (N-methyl/N-ethyl adjacent to an activating group) is 1. The average Bonchev–Trinajstić information content (AvgIpc) is 2.45. The summed E-state index contributed by atoms with van der Waals surface area (Å²) >= 11 is 0. The summed E-state index contributed by atoms with van der Waals surface area (Å²) in [6.07, 6.45) is 4.50. The maximum Gasteiger partial charge on any atom is 0.317 e. The van der Waals surface area contributed by atoms with Gasteiger partial charge < -0.3 is 10.4 Å². The van der Waals surface area contributed by atoms with E-state index in [1.165, 1.54) is 19.3 Å². The number of carboxylic acid groups (broad SMARTS) is 1. The molecule has 9 heavy (non-hydrogen) atoms. The summed E-state index contributed by atoms with van der Waals surface area (Å²) in [6, 6.07) is 0. The lowest BCUT2D eigenvalue weighted by molar-refractivity contribution is -0.135. The van der Waals surface area contributed by atoms with E-state index in [9.17, 15) is 4.79 Å². The van der Waals surface area contributed by atoms with Crippen LogP contribution in [0, 0.1) is 0 Å². The fraction of sp³-hybridized carbons (Fsp3) is 0.833. The molecule has 1 rings (SSSR count). The van der Waals surface area contributed by atoms with Gasteiger partial charge in [-0.15, -0.1) is 0 Å². The summed E-state index contributed by atoms with van der Waals surface area (Å²) in [6.45, 7) is 0.0417. The number of carbonyl (C=O) groups is 1. The Hall–Kier alpha value is -0.570. The molecule has 1 aliphatic carbocycles. The molecule has 0 saturated heterocycles. The number of hydrogen-bond donors (Lipinski definition) is 2. The van der Waals surface area contributed by atoms with Gasteiger partial charge >= 0.3 is 5.97 Å². The van der Waals surface area contributed by atoms with E-state index in [0.717, 1.165) is 0 Å².